The van der Waals surface area contributed by atoms with Gasteiger partial charge >= 0.3 is 6.18 Å². The van der Waals surface area contributed by atoms with E-state index in [0.717, 1.165) is 29.8 Å². The van der Waals surface area contributed by atoms with Crippen molar-refractivity contribution in [2.75, 3.05) is 0 Å². The van der Waals surface area contributed by atoms with Gasteiger partial charge in [-0.05, 0) is 30.7 Å². The molecule has 0 unspecified atom stereocenters. The van der Waals surface area contributed by atoms with E-state index in [1.165, 1.54) is 18.2 Å². The number of nitrogens with zero attached hydrogens (tertiary/aromatic N) is 3. The third-order valence-electron chi connectivity index (χ3n) is 4.21. The second-order valence-corrected chi connectivity index (χ2v) is 7.16. The summed E-state index contributed by atoms with van der Waals surface area (Å²) in [7, 11) is 0. The maximum Gasteiger partial charge on any atom is 0.417 e. The highest BCUT2D eigenvalue weighted by molar-refractivity contribution is 9.10. The Morgan fingerprint density at radius 3 is 2.68 bits per heavy atom. The summed E-state index contributed by atoms with van der Waals surface area (Å²) >= 11 is 3.32. The van der Waals surface area contributed by atoms with Crippen molar-refractivity contribution in [2.24, 2.45) is 5.10 Å². The van der Waals surface area contributed by atoms with Crippen molar-refractivity contribution >= 4 is 33.0 Å². The van der Waals surface area contributed by atoms with E-state index in [9.17, 15) is 18.0 Å². The van der Waals surface area contributed by atoms with Gasteiger partial charge in [-0.2, -0.15) is 22.9 Å². The summed E-state index contributed by atoms with van der Waals surface area (Å²) in [6.45, 7) is 2.00. The minimum absolute atomic E-state index is 0.113. The average molecular weight is 452 g/mol. The van der Waals surface area contributed by atoms with Crippen molar-refractivity contribution < 1.29 is 13.2 Å². The summed E-state index contributed by atoms with van der Waals surface area (Å²) in [5.74, 6) is 0.419. The lowest BCUT2D eigenvalue weighted by atomic mass is 10.1. The molecule has 0 saturated heterocycles. The predicted molar refractivity (Wildman–Crippen MR) is 107 cm³/mol. The fourth-order valence-electron chi connectivity index (χ4n) is 2.80. The van der Waals surface area contributed by atoms with Crippen LogP contribution in [0.2, 0.25) is 0 Å². The third-order valence-corrected chi connectivity index (χ3v) is 4.70. The van der Waals surface area contributed by atoms with Crippen molar-refractivity contribution in [3.05, 3.63) is 74.2 Å². The Hall–Kier alpha value is -2.48. The largest absolute Gasteiger partial charge is 0.417 e. The van der Waals surface area contributed by atoms with Gasteiger partial charge in [0.05, 0.1) is 22.7 Å². The van der Waals surface area contributed by atoms with Crippen LogP contribution in [0.4, 0.5) is 13.2 Å². The maximum atomic E-state index is 13.2. The fraction of sp³-hybridized carbons (Fsp3) is 0.250. The topological polar surface area (TPSA) is 47.2 Å². The fourth-order valence-corrected chi connectivity index (χ4v) is 3.16. The van der Waals surface area contributed by atoms with Crippen molar-refractivity contribution in [1.29, 1.82) is 0 Å². The summed E-state index contributed by atoms with van der Waals surface area (Å²) in [5.41, 5.74) is -0.810. The molecule has 2 aromatic carbocycles. The first-order chi connectivity index (χ1) is 13.3. The Morgan fingerprint density at radius 1 is 1.21 bits per heavy atom. The minimum Gasteiger partial charge on any atom is -0.267 e. The number of hydrogen-bond acceptors (Lipinski definition) is 3. The van der Waals surface area contributed by atoms with Gasteiger partial charge in [0.2, 0.25) is 0 Å². The third kappa shape index (κ3) is 4.32. The van der Waals surface area contributed by atoms with Crippen LogP contribution in [0.3, 0.4) is 0 Å². The van der Waals surface area contributed by atoms with Gasteiger partial charge in [-0.3, -0.25) is 4.79 Å². The van der Waals surface area contributed by atoms with Crippen LogP contribution in [0.25, 0.3) is 10.9 Å². The SMILES string of the molecule is CCCCc1nc2ccc(Br)cc2c(=O)n1N=Cc1ccccc1C(F)(F)F. The molecule has 28 heavy (non-hydrogen) atoms. The van der Waals surface area contributed by atoms with E-state index >= 15 is 0 Å². The number of aryl methyl sites for hydroxylation is 1. The predicted octanol–water partition coefficient (Wildman–Crippen LogP) is 5.40. The van der Waals surface area contributed by atoms with Gasteiger partial charge < -0.3 is 0 Å². The average Bonchev–Trinajstić information content (AvgIpc) is 2.66. The molecule has 0 fully saturated rings. The first-order valence-electron chi connectivity index (χ1n) is 8.73. The van der Waals surface area contributed by atoms with E-state index < -0.39 is 17.3 Å². The zero-order valence-electron chi connectivity index (χ0n) is 15.0. The lowest BCUT2D eigenvalue weighted by Gasteiger charge is -2.11. The van der Waals surface area contributed by atoms with E-state index in [-0.39, 0.29) is 5.56 Å². The maximum absolute atomic E-state index is 13.2. The summed E-state index contributed by atoms with van der Waals surface area (Å²) in [6.07, 6.45) is -1.29. The van der Waals surface area contributed by atoms with E-state index in [1.54, 1.807) is 18.2 Å². The molecule has 4 nitrogen and oxygen atoms in total. The lowest BCUT2D eigenvalue weighted by Crippen LogP contribution is -2.22. The number of alkyl halides is 3. The van der Waals surface area contributed by atoms with E-state index in [2.05, 4.69) is 26.0 Å². The van der Waals surface area contributed by atoms with Gasteiger partial charge in [-0.25, -0.2) is 4.98 Å². The van der Waals surface area contributed by atoms with Crippen LogP contribution in [-0.2, 0) is 12.6 Å². The van der Waals surface area contributed by atoms with Crippen LogP contribution < -0.4 is 5.56 Å². The van der Waals surface area contributed by atoms with Crippen molar-refractivity contribution in [3.63, 3.8) is 0 Å². The smallest absolute Gasteiger partial charge is 0.267 e. The Balaban J connectivity index is 2.15. The molecule has 1 aromatic heterocycles. The zero-order chi connectivity index (χ0) is 20.3. The van der Waals surface area contributed by atoms with Crippen molar-refractivity contribution in [1.82, 2.24) is 9.66 Å². The van der Waals surface area contributed by atoms with Gasteiger partial charge in [-0.15, -0.1) is 0 Å². The zero-order valence-corrected chi connectivity index (χ0v) is 16.6. The number of fused-ring (bicyclic) bond motifs is 1. The first-order valence-corrected chi connectivity index (χ1v) is 9.52. The van der Waals surface area contributed by atoms with Gasteiger partial charge in [-0.1, -0.05) is 47.5 Å². The monoisotopic (exact) mass is 451 g/mol. The molecule has 0 saturated carbocycles. The van der Waals surface area contributed by atoms with Gasteiger partial charge in [0, 0.05) is 16.5 Å². The van der Waals surface area contributed by atoms with E-state index in [4.69, 9.17) is 0 Å². The molecule has 8 heteroatoms. The number of unbranched alkanes of at least 4 members (excludes halogenated alkanes) is 1. The highest BCUT2D eigenvalue weighted by Crippen LogP contribution is 2.31. The molecule has 0 N–H and O–H groups in total. The molecule has 0 aliphatic carbocycles. The number of aromatic nitrogens is 2. The van der Waals surface area contributed by atoms with Crippen LogP contribution in [0.5, 0.6) is 0 Å². The Labute approximate surface area is 167 Å². The molecule has 0 amide bonds. The van der Waals surface area contributed by atoms with Gasteiger partial charge in [0.1, 0.15) is 5.82 Å². The molecular weight excluding hydrogens is 435 g/mol. The quantitative estimate of drug-likeness (QED) is 0.487. The molecule has 0 radical (unpaired) electrons. The van der Waals surface area contributed by atoms with Gasteiger partial charge in [0.15, 0.2) is 0 Å². The van der Waals surface area contributed by atoms with Gasteiger partial charge in [0.25, 0.3) is 5.56 Å². The summed E-state index contributed by atoms with van der Waals surface area (Å²) in [5, 5.41) is 4.43. The molecular formula is C20H17BrF3N3O. The Kier molecular flexibility index (Phi) is 5.98. The number of rotatable bonds is 5. The van der Waals surface area contributed by atoms with Crippen molar-refractivity contribution in [2.45, 2.75) is 32.4 Å². The molecule has 3 aromatic rings. The van der Waals surface area contributed by atoms with Crippen LogP contribution in [0.1, 0.15) is 36.7 Å². The lowest BCUT2D eigenvalue weighted by molar-refractivity contribution is -0.137. The summed E-state index contributed by atoms with van der Waals surface area (Å²) in [4.78, 5) is 17.4. The van der Waals surface area contributed by atoms with Crippen LogP contribution in [0.15, 0.2) is 56.8 Å². The van der Waals surface area contributed by atoms with Crippen LogP contribution in [-0.4, -0.2) is 15.9 Å². The number of benzene rings is 2. The summed E-state index contributed by atoms with van der Waals surface area (Å²) < 4.78 is 41.4. The highest BCUT2D eigenvalue weighted by Gasteiger charge is 2.32. The molecule has 0 atom stereocenters. The molecule has 1 heterocycles. The molecule has 3 rings (SSSR count). The second kappa shape index (κ2) is 8.26. The van der Waals surface area contributed by atoms with Crippen LogP contribution in [0, 0.1) is 0 Å². The molecule has 146 valence electrons. The first kappa shape index (κ1) is 20.3. The normalized spacial score (nSPS) is 12.2. The molecule has 0 spiro atoms. The number of halogens is 4. The Bertz CT molecular complexity index is 1090. The van der Waals surface area contributed by atoms with Crippen LogP contribution >= 0.6 is 15.9 Å². The van der Waals surface area contributed by atoms with Crippen molar-refractivity contribution in [3.8, 4) is 0 Å². The minimum atomic E-state index is -4.51. The molecule has 0 bridgehead atoms. The van der Waals surface area contributed by atoms with E-state index in [1.807, 2.05) is 6.92 Å². The number of hydrogen-bond donors (Lipinski definition) is 0. The highest BCUT2D eigenvalue weighted by atomic mass is 79.9. The van der Waals surface area contributed by atoms with E-state index in [0.29, 0.717) is 27.6 Å². The second-order valence-electron chi connectivity index (χ2n) is 6.24. The molecule has 0 aliphatic rings. The standard InChI is InChI=1S/C20H17BrF3N3O/c1-2-3-8-18-26-17-10-9-14(21)11-15(17)19(28)27(18)25-12-13-6-4-5-7-16(13)20(22,23)24/h4-7,9-12H,2-3,8H2,1H3. The Morgan fingerprint density at radius 2 is 1.96 bits per heavy atom. The summed E-state index contributed by atoms with van der Waals surface area (Å²) in [6, 6.07) is 10.2. The molecule has 0 aliphatic heterocycles.